The third kappa shape index (κ3) is 3.70. The van der Waals surface area contributed by atoms with Gasteiger partial charge in [-0.25, -0.2) is 0 Å². The summed E-state index contributed by atoms with van der Waals surface area (Å²) in [7, 11) is -1.65. The topological polar surface area (TPSA) is 9.23 Å². The molecule has 0 spiro atoms. The molecule has 0 atom stereocenters. The van der Waals surface area contributed by atoms with Crippen LogP contribution >= 0.6 is 0 Å². The van der Waals surface area contributed by atoms with Crippen molar-refractivity contribution < 1.29 is 4.43 Å². The van der Waals surface area contributed by atoms with Gasteiger partial charge in [0, 0.05) is 0 Å². The van der Waals surface area contributed by atoms with Gasteiger partial charge >= 0.3 is 0 Å². The minimum Gasteiger partial charge on any atom is -0.544 e. The van der Waals surface area contributed by atoms with Crippen LogP contribution in [0, 0.1) is 0 Å². The van der Waals surface area contributed by atoms with Crippen molar-refractivity contribution in [3.8, 4) is 0 Å². The Kier molecular flexibility index (Phi) is 4.65. The van der Waals surface area contributed by atoms with Gasteiger partial charge in [0.15, 0.2) is 0 Å². The van der Waals surface area contributed by atoms with Crippen molar-refractivity contribution >= 4 is 8.32 Å². The third-order valence-electron chi connectivity index (χ3n) is 2.79. The molecular formula is C12H24OSi. The van der Waals surface area contributed by atoms with Crippen LogP contribution < -0.4 is 0 Å². The van der Waals surface area contributed by atoms with Crippen molar-refractivity contribution in [2.75, 3.05) is 0 Å². The molecule has 2 heteroatoms. The molecular weight excluding hydrogens is 188 g/mol. The van der Waals surface area contributed by atoms with Crippen molar-refractivity contribution in [2.45, 2.75) is 52.8 Å². The summed E-state index contributed by atoms with van der Waals surface area (Å²) in [5, 5.41) is 0.267. The Hall–Kier alpha value is -0.503. The second-order valence-corrected chi connectivity index (χ2v) is 9.78. The summed E-state index contributed by atoms with van der Waals surface area (Å²) in [5.74, 6) is 0.999. The first-order chi connectivity index (χ1) is 6.24. The van der Waals surface area contributed by atoms with E-state index in [1.807, 2.05) is 32.1 Å². The van der Waals surface area contributed by atoms with Gasteiger partial charge in [-0.1, -0.05) is 26.8 Å². The molecule has 0 saturated carbocycles. The second kappa shape index (κ2) is 4.83. The first-order valence-corrected chi connectivity index (χ1v) is 8.13. The highest BCUT2D eigenvalue weighted by molar-refractivity contribution is 6.74. The molecule has 0 heterocycles. The lowest BCUT2D eigenvalue weighted by Gasteiger charge is -2.36. The monoisotopic (exact) mass is 212 g/mol. The molecule has 0 aromatic carbocycles. The van der Waals surface area contributed by atoms with Crippen LogP contribution in [0.5, 0.6) is 0 Å². The minimum absolute atomic E-state index is 0.267. The summed E-state index contributed by atoms with van der Waals surface area (Å²) in [6.07, 6.45) is 6.07. The Labute approximate surface area is 90.0 Å². The molecule has 0 aromatic heterocycles. The van der Waals surface area contributed by atoms with E-state index in [0.717, 1.165) is 5.76 Å². The molecule has 0 aliphatic rings. The Balaban J connectivity index is 4.66. The zero-order chi connectivity index (χ0) is 11.4. The van der Waals surface area contributed by atoms with Crippen LogP contribution in [0.15, 0.2) is 24.0 Å². The van der Waals surface area contributed by atoms with Gasteiger partial charge in [-0.3, -0.25) is 0 Å². The lowest BCUT2D eigenvalue weighted by atomic mass is 10.2. The molecule has 0 rings (SSSR count). The molecule has 14 heavy (non-hydrogen) atoms. The van der Waals surface area contributed by atoms with Gasteiger partial charge in [0.1, 0.15) is 0 Å². The molecule has 0 aliphatic carbocycles. The Morgan fingerprint density at radius 2 is 1.64 bits per heavy atom. The average molecular weight is 212 g/mol. The predicted molar refractivity (Wildman–Crippen MR) is 66.9 cm³/mol. The SMILES string of the molecule is C/C=C/C(=C\C)O[Si](C)(C)C(C)(C)C. The largest absolute Gasteiger partial charge is 0.544 e. The van der Waals surface area contributed by atoms with Crippen LogP contribution in [0.3, 0.4) is 0 Å². The van der Waals surface area contributed by atoms with Gasteiger partial charge in [-0.05, 0) is 44.1 Å². The highest BCUT2D eigenvalue weighted by Crippen LogP contribution is 2.37. The molecule has 0 N–H and O–H groups in total. The van der Waals surface area contributed by atoms with Gasteiger partial charge in [0.2, 0.25) is 8.32 Å². The fourth-order valence-corrected chi connectivity index (χ4v) is 1.88. The van der Waals surface area contributed by atoms with Gasteiger partial charge in [-0.2, -0.15) is 0 Å². The van der Waals surface area contributed by atoms with E-state index in [9.17, 15) is 0 Å². The highest BCUT2D eigenvalue weighted by Gasteiger charge is 2.38. The maximum absolute atomic E-state index is 6.11. The Morgan fingerprint density at radius 3 is 1.93 bits per heavy atom. The standard InChI is InChI=1S/C12H24OSi/c1-8-10-11(9-2)13-14(6,7)12(3,4)5/h8-10H,1-7H3/b10-8+,11-9+. The van der Waals surface area contributed by atoms with Crippen LogP contribution in [0.2, 0.25) is 18.1 Å². The van der Waals surface area contributed by atoms with E-state index < -0.39 is 8.32 Å². The van der Waals surface area contributed by atoms with Gasteiger partial charge < -0.3 is 4.43 Å². The van der Waals surface area contributed by atoms with Gasteiger partial charge in [0.25, 0.3) is 0 Å². The first kappa shape index (κ1) is 13.5. The quantitative estimate of drug-likeness (QED) is 0.380. The number of hydrogen-bond acceptors (Lipinski definition) is 1. The smallest absolute Gasteiger partial charge is 0.250 e. The molecule has 1 nitrogen and oxygen atoms in total. The van der Waals surface area contributed by atoms with Crippen LogP contribution in [0.4, 0.5) is 0 Å². The molecule has 0 bridgehead atoms. The van der Waals surface area contributed by atoms with E-state index in [4.69, 9.17) is 4.43 Å². The molecule has 0 amide bonds. The maximum atomic E-state index is 6.11. The zero-order valence-electron chi connectivity index (χ0n) is 10.6. The van der Waals surface area contributed by atoms with Crippen molar-refractivity contribution in [2.24, 2.45) is 0 Å². The van der Waals surface area contributed by atoms with Crippen LogP contribution in [0.25, 0.3) is 0 Å². The first-order valence-electron chi connectivity index (χ1n) is 5.22. The summed E-state index contributed by atoms with van der Waals surface area (Å²) in [5.41, 5.74) is 0. The third-order valence-corrected chi connectivity index (χ3v) is 7.15. The summed E-state index contributed by atoms with van der Waals surface area (Å²) < 4.78 is 6.11. The van der Waals surface area contributed by atoms with Crippen molar-refractivity contribution in [1.29, 1.82) is 0 Å². The van der Waals surface area contributed by atoms with Crippen LogP contribution in [-0.2, 0) is 4.43 Å². The van der Waals surface area contributed by atoms with Crippen LogP contribution in [-0.4, -0.2) is 8.32 Å². The summed E-state index contributed by atoms with van der Waals surface area (Å²) in [6, 6.07) is 0. The van der Waals surface area contributed by atoms with E-state index in [0.29, 0.717) is 0 Å². The normalized spacial score (nSPS) is 14.9. The fraction of sp³-hybridized carbons (Fsp3) is 0.667. The minimum atomic E-state index is -1.65. The van der Waals surface area contributed by atoms with E-state index >= 15 is 0 Å². The highest BCUT2D eigenvalue weighted by atomic mass is 28.4. The fourth-order valence-electron chi connectivity index (χ4n) is 0.801. The summed E-state index contributed by atoms with van der Waals surface area (Å²) >= 11 is 0. The molecule has 0 aromatic rings. The van der Waals surface area contributed by atoms with E-state index in [-0.39, 0.29) is 5.04 Å². The Morgan fingerprint density at radius 1 is 1.14 bits per heavy atom. The summed E-state index contributed by atoms with van der Waals surface area (Å²) in [4.78, 5) is 0. The maximum Gasteiger partial charge on any atom is 0.250 e. The van der Waals surface area contributed by atoms with Crippen molar-refractivity contribution in [3.63, 3.8) is 0 Å². The molecule has 0 fully saturated rings. The molecule has 0 saturated heterocycles. The molecule has 82 valence electrons. The lowest BCUT2D eigenvalue weighted by molar-refractivity contribution is 0.399. The number of allylic oxidation sites excluding steroid dienone is 3. The average Bonchev–Trinajstić information content (AvgIpc) is 2.01. The van der Waals surface area contributed by atoms with Gasteiger partial charge in [-0.15, -0.1) is 0 Å². The molecule has 0 radical (unpaired) electrons. The van der Waals surface area contributed by atoms with E-state index in [1.54, 1.807) is 0 Å². The second-order valence-electron chi connectivity index (χ2n) is 5.05. The van der Waals surface area contributed by atoms with E-state index in [1.165, 1.54) is 0 Å². The Bertz CT molecular complexity index is 231. The van der Waals surface area contributed by atoms with Crippen molar-refractivity contribution in [3.05, 3.63) is 24.0 Å². The molecule has 0 aliphatic heterocycles. The number of rotatable bonds is 3. The zero-order valence-corrected chi connectivity index (χ0v) is 11.6. The summed E-state index contributed by atoms with van der Waals surface area (Å²) in [6.45, 7) is 15.3. The van der Waals surface area contributed by atoms with Gasteiger partial charge in [0.05, 0.1) is 5.76 Å². The van der Waals surface area contributed by atoms with Crippen molar-refractivity contribution in [1.82, 2.24) is 0 Å². The van der Waals surface area contributed by atoms with Crippen LogP contribution in [0.1, 0.15) is 34.6 Å². The predicted octanol–water partition coefficient (Wildman–Crippen LogP) is 4.49. The number of hydrogen-bond donors (Lipinski definition) is 0. The van der Waals surface area contributed by atoms with E-state index in [2.05, 4.69) is 33.9 Å². The lowest BCUT2D eigenvalue weighted by Crippen LogP contribution is -2.40. The molecule has 0 unspecified atom stereocenters.